The molecule has 0 spiro atoms. The summed E-state index contributed by atoms with van der Waals surface area (Å²) in [6.07, 6.45) is -3.87. The predicted molar refractivity (Wildman–Crippen MR) is 71.8 cm³/mol. The zero-order valence-electron chi connectivity index (χ0n) is 10.5. The number of rotatable bonds is 4. The van der Waals surface area contributed by atoms with Crippen LogP contribution in [0.5, 0.6) is 5.75 Å². The van der Waals surface area contributed by atoms with Gasteiger partial charge in [0.2, 0.25) is 0 Å². The highest BCUT2D eigenvalue weighted by Crippen LogP contribution is 2.33. The van der Waals surface area contributed by atoms with Crippen LogP contribution in [0, 0.1) is 5.92 Å². The lowest BCUT2D eigenvalue weighted by molar-refractivity contribution is -0.274. The first kappa shape index (κ1) is 18.4. The quantitative estimate of drug-likeness (QED) is 0.873. The first-order chi connectivity index (χ1) is 8.24. The molecule has 1 unspecified atom stereocenters. The van der Waals surface area contributed by atoms with Crippen molar-refractivity contribution >= 4 is 24.0 Å². The Morgan fingerprint density at radius 2 is 1.95 bits per heavy atom. The largest absolute Gasteiger partial charge is 0.573 e. The van der Waals surface area contributed by atoms with Crippen LogP contribution in [0.25, 0.3) is 0 Å². The van der Waals surface area contributed by atoms with Gasteiger partial charge < -0.3 is 10.5 Å². The minimum Gasteiger partial charge on any atom is -0.404 e. The molecule has 7 heteroatoms. The third-order valence-electron chi connectivity index (χ3n) is 2.82. The minimum absolute atomic E-state index is 0. The summed E-state index contributed by atoms with van der Waals surface area (Å²) in [4.78, 5) is 0. The van der Waals surface area contributed by atoms with E-state index in [9.17, 15) is 13.2 Å². The molecule has 2 atom stereocenters. The van der Waals surface area contributed by atoms with E-state index in [2.05, 4.69) is 4.74 Å². The van der Waals surface area contributed by atoms with Gasteiger partial charge in [0.15, 0.2) is 0 Å². The van der Waals surface area contributed by atoms with Crippen molar-refractivity contribution in [3.8, 4) is 5.75 Å². The Morgan fingerprint density at radius 3 is 2.37 bits per heavy atom. The van der Waals surface area contributed by atoms with Gasteiger partial charge in [-0.15, -0.1) is 25.6 Å². The third-order valence-corrected chi connectivity index (χ3v) is 3.12. The SMILES string of the molecule is CCC(C)[C@H](N)c1ccc(OC(F)(F)F)c(Cl)c1.Cl. The molecule has 0 amide bonds. The summed E-state index contributed by atoms with van der Waals surface area (Å²) in [5.74, 6) is -0.195. The molecule has 1 aromatic carbocycles. The molecule has 0 saturated heterocycles. The third kappa shape index (κ3) is 5.47. The summed E-state index contributed by atoms with van der Waals surface area (Å²) < 4.78 is 40.0. The second-order valence-corrected chi connectivity index (χ2v) is 4.56. The fourth-order valence-electron chi connectivity index (χ4n) is 1.51. The Bertz CT molecular complexity index is 412. The number of nitrogens with two attached hydrogens (primary N) is 1. The molecule has 0 heterocycles. The van der Waals surface area contributed by atoms with E-state index in [1.807, 2.05) is 13.8 Å². The van der Waals surface area contributed by atoms with Crippen LogP contribution >= 0.6 is 24.0 Å². The number of hydrogen-bond acceptors (Lipinski definition) is 2. The van der Waals surface area contributed by atoms with E-state index >= 15 is 0 Å². The van der Waals surface area contributed by atoms with Gasteiger partial charge in [-0.25, -0.2) is 0 Å². The molecule has 0 bridgehead atoms. The maximum Gasteiger partial charge on any atom is 0.573 e. The lowest BCUT2D eigenvalue weighted by Gasteiger charge is -2.19. The molecular weight excluding hydrogens is 302 g/mol. The van der Waals surface area contributed by atoms with E-state index in [4.69, 9.17) is 17.3 Å². The summed E-state index contributed by atoms with van der Waals surface area (Å²) in [5.41, 5.74) is 6.67. The zero-order chi connectivity index (χ0) is 13.9. The van der Waals surface area contributed by atoms with E-state index in [0.717, 1.165) is 6.42 Å². The van der Waals surface area contributed by atoms with Crippen LogP contribution < -0.4 is 10.5 Å². The molecule has 0 aliphatic heterocycles. The molecule has 0 saturated carbocycles. The first-order valence-electron chi connectivity index (χ1n) is 5.55. The zero-order valence-corrected chi connectivity index (χ0v) is 12.1. The van der Waals surface area contributed by atoms with Gasteiger partial charge >= 0.3 is 6.36 Å². The Balaban J connectivity index is 0.00000324. The predicted octanol–water partition coefficient (Wildman–Crippen LogP) is 4.71. The molecule has 0 aromatic heterocycles. The van der Waals surface area contributed by atoms with Gasteiger partial charge in [0.05, 0.1) is 5.02 Å². The summed E-state index contributed by atoms with van der Waals surface area (Å²) in [5, 5.41) is -0.0939. The second-order valence-electron chi connectivity index (χ2n) is 4.15. The Morgan fingerprint density at radius 1 is 1.37 bits per heavy atom. The normalized spacial score (nSPS) is 14.5. The van der Waals surface area contributed by atoms with Gasteiger partial charge in [0.25, 0.3) is 0 Å². The summed E-state index contributed by atoms with van der Waals surface area (Å²) in [6, 6.07) is 3.85. The average Bonchev–Trinajstić information content (AvgIpc) is 2.28. The molecule has 0 aliphatic carbocycles. The number of halogens is 5. The van der Waals surface area contributed by atoms with Gasteiger partial charge in [-0.1, -0.05) is 37.9 Å². The molecule has 0 fully saturated rings. The summed E-state index contributed by atoms with van der Waals surface area (Å²) in [6.45, 7) is 3.96. The van der Waals surface area contributed by atoms with Crippen LogP contribution in [0.15, 0.2) is 18.2 Å². The van der Waals surface area contributed by atoms with Crippen molar-refractivity contribution in [1.82, 2.24) is 0 Å². The fraction of sp³-hybridized carbons (Fsp3) is 0.500. The molecule has 2 nitrogen and oxygen atoms in total. The van der Waals surface area contributed by atoms with Crippen LogP contribution in [0.3, 0.4) is 0 Å². The van der Waals surface area contributed by atoms with Crippen molar-refractivity contribution in [3.05, 3.63) is 28.8 Å². The van der Waals surface area contributed by atoms with E-state index in [-0.39, 0.29) is 29.4 Å². The summed E-state index contributed by atoms with van der Waals surface area (Å²) >= 11 is 5.75. The van der Waals surface area contributed by atoms with Crippen molar-refractivity contribution in [2.75, 3.05) is 0 Å². The maximum atomic E-state index is 12.1. The van der Waals surface area contributed by atoms with Gasteiger partial charge in [-0.2, -0.15) is 0 Å². The molecule has 0 radical (unpaired) electrons. The maximum absolute atomic E-state index is 12.1. The van der Waals surface area contributed by atoms with Crippen molar-refractivity contribution in [2.24, 2.45) is 11.7 Å². The van der Waals surface area contributed by atoms with Gasteiger partial charge in [-0.3, -0.25) is 0 Å². The van der Waals surface area contributed by atoms with E-state index in [1.165, 1.54) is 18.2 Å². The van der Waals surface area contributed by atoms with Crippen molar-refractivity contribution < 1.29 is 17.9 Å². The fourth-order valence-corrected chi connectivity index (χ4v) is 1.74. The van der Waals surface area contributed by atoms with E-state index in [1.54, 1.807) is 0 Å². The topological polar surface area (TPSA) is 35.2 Å². The second kappa shape index (κ2) is 7.22. The number of hydrogen-bond donors (Lipinski definition) is 1. The van der Waals surface area contributed by atoms with E-state index in [0.29, 0.717) is 5.56 Å². The number of benzene rings is 1. The lowest BCUT2D eigenvalue weighted by Crippen LogP contribution is -2.19. The van der Waals surface area contributed by atoms with Gasteiger partial charge in [-0.05, 0) is 23.6 Å². The Labute approximate surface area is 121 Å². The molecular formula is C12H16Cl2F3NO. The molecule has 1 rings (SSSR count). The van der Waals surface area contributed by atoms with Gasteiger partial charge in [0.1, 0.15) is 5.75 Å². The van der Waals surface area contributed by atoms with Crippen molar-refractivity contribution in [2.45, 2.75) is 32.7 Å². The minimum atomic E-state index is -4.75. The average molecular weight is 318 g/mol. The molecule has 19 heavy (non-hydrogen) atoms. The smallest absolute Gasteiger partial charge is 0.404 e. The van der Waals surface area contributed by atoms with Crippen LogP contribution in [-0.4, -0.2) is 6.36 Å². The lowest BCUT2D eigenvalue weighted by atomic mass is 9.93. The molecule has 1 aromatic rings. The highest BCUT2D eigenvalue weighted by molar-refractivity contribution is 6.32. The Kier molecular flexibility index (Phi) is 6.97. The number of alkyl halides is 3. The standard InChI is InChI=1S/C12H15ClF3NO.ClH/c1-3-7(2)11(17)8-4-5-10(9(13)6-8)18-12(14,15)16;/h4-7,11H,3,17H2,1-2H3;1H/t7?,11-;/m0./s1. The van der Waals surface area contributed by atoms with Crippen molar-refractivity contribution in [3.63, 3.8) is 0 Å². The molecule has 0 aliphatic rings. The number of ether oxygens (including phenoxy) is 1. The Hall–Kier alpha value is -0.650. The van der Waals surface area contributed by atoms with Crippen molar-refractivity contribution in [1.29, 1.82) is 0 Å². The highest BCUT2D eigenvalue weighted by Gasteiger charge is 2.32. The summed E-state index contributed by atoms with van der Waals surface area (Å²) in [7, 11) is 0. The van der Waals surface area contributed by atoms with Crippen LogP contribution in [0.2, 0.25) is 5.02 Å². The molecule has 2 N–H and O–H groups in total. The van der Waals surface area contributed by atoms with Crippen LogP contribution in [0.4, 0.5) is 13.2 Å². The van der Waals surface area contributed by atoms with E-state index < -0.39 is 12.1 Å². The van der Waals surface area contributed by atoms with Crippen LogP contribution in [-0.2, 0) is 0 Å². The first-order valence-corrected chi connectivity index (χ1v) is 5.93. The monoisotopic (exact) mass is 317 g/mol. The molecule has 110 valence electrons. The van der Waals surface area contributed by atoms with Gasteiger partial charge in [0, 0.05) is 6.04 Å². The highest BCUT2D eigenvalue weighted by atomic mass is 35.5. The van der Waals surface area contributed by atoms with Crippen LogP contribution in [0.1, 0.15) is 31.9 Å².